The van der Waals surface area contributed by atoms with E-state index in [-0.39, 0.29) is 0 Å². The molecule has 0 bridgehead atoms. The molecule has 0 atom stereocenters. The second-order valence-corrected chi connectivity index (χ2v) is 6.23. The number of hydrogen-bond donors (Lipinski definition) is 2. The van der Waals surface area contributed by atoms with E-state index in [2.05, 4.69) is 41.8 Å². The fraction of sp³-hybridized carbons (Fsp3) is 0.263. The smallest absolute Gasteiger partial charge is 0.191 e. The summed E-state index contributed by atoms with van der Waals surface area (Å²) >= 11 is 5.33. The van der Waals surface area contributed by atoms with Crippen molar-refractivity contribution in [1.29, 1.82) is 0 Å². The minimum Gasteiger partial charge on any atom is -0.497 e. The lowest BCUT2D eigenvalue weighted by molar-refractivity contribution is 0.415. The Labute approximate surface area is 148 Å². The van der Waals surface area contributed by atoms with Gasteiger partial charge in [0.05, 0.1) is 12.8 Å². The molecule has 0 unspecified atom stereocenters. The summed E-state index contributed by atoms with van der Waals surface area (Å²) in [6.07, 6.45) is 0.874. The monoisotopic (exact) mass is 341 g/mol. The molecule has 2 aromatic carbocycles. The fourth-order valence-corrected chi connectivity index (χ4v) is 2.39. The van der Waals surface area contributed by atoms with Gasteiger partial charge in [0.2, 0.25) is 0 Å². The van der Waals surface area contributed by atoms with Crippen LogP contribution in [-0.2, 0) is 0 Å². The topological polar surface area (TPSA) is 45.6 Å². The van der Waals surface area contributed by atoms with Crippen LogP contribution in [-0.4, -0.2) is 17.9 Å². The summed E-state index contributed by atoms with van der Waals surface area (Å²) in [7, 11) is 1.64. The number of ether oxygens (including phenoxy) is 1. The molecule has 0 amide bonds. The van der Waals surface area contributed by atoms with E-state index >= 15 is 0 Å². The number of rotatable bonds is 6. The first kappa shape index (κ1) is 17.9. The van der Waals surface area contributed by atoms with Gasteiger partial charge in [0.15, 0.2) is 5.11 Å². The summed E-state index contributed by atoms with van der Waals surface area (Å²) in [6.45, 7) is 4.34. The van der Waals surface area contributed by atoms with Crippen LogP contribution < -0.4 is 15.5 Å². The molecule has 0 radical (unpaired) electrons. The highest BCUT2D eigenvalue weighted by molar-refractivity contribution is 7.80. The number of thiocarbonyl (C=S) groups is 1. The molecule has 0 aromatic heterocycles. The lowest BCUT2D eigenvalue weighted by Crippen LogP contribution is -2.25. The maximum atomic E-state index is 5.33. The lowest BCUT2D eigenvalue weighted by atomic mass is 10.0. The zero-order chi connectivity index (χ0) is 17.4. The molecule has 126 valence electrons. The van der Waals surface area contributed by atoms with Crippen molar-refractivity contribution in [1.82, 2.24) is 5.43 Å². The molecule has 0 aliphatic carbocycles. The fourth-order valence-electron chi connectivity index (χ4n) is 2.22. The zero-order valence-electron chi connectivity index (χ0n) is 14.2. The summed E-state index contributed by atoms with van der Waals surface area (Å²) in [5.41, 5.74) is 5.88. The van der Waals surface area contributed by atoms with Gasteiger partial charge in [-0.3, -0.25) is 5.43 Å². The van der Waals surface area contributed by atoms with Crippen molar-refractivity contribution in [2.24, 2.45) is 11.0 Å². The number of nitrogens with zero attached hydrogens (tertiary/aromatic N) is 1. The molecule has 4 nitrogen and oxygen atoms in total. The minimum absolute atomic E-state index is 0.445. The first-order chi connectivity index (χ1) is 11.6. The summed E-state index contributed by atoms with van der Waals surface area (Å²) in [5.74, 6) is 1.28. The second kappa shape index (κ2) is 9.03. The maximum Gasteiger partial charge on any atom is 0.191 e. The normalized spacial score (nSPS) is 11.2. The Morgan fingerprint density at radius 1 is 1.12 bits per heavy atom. The average Bonchev–Trinajstić information content (AvgIpc) is 2.59. The maximum absolute atomic E-state index is 5.33. The lowest BCUT2D eigenvalue weighted by Gasteiger charge is -2.12. The van der Waals surface area contributed by atoms with Crippen LogP contribution in [0.5, 0.6) is 5.75 Å². The van der Waals surface area contributed by atoms with Gasteiger partial charge in [-0.1, -0.05) is 50.2 Å². The van der Waals surface area contributed by atoms with Crippen molar-refractivity contribution in [3.63, 3.8) is 0 Å². The molecular formula is C19H23N3OS. The predicted octanol–water partition coefficient (Wildman–Crippen LogP) is 4.43. The third-order valence-corrected chi connectivity index (χ3v) is 3.52. The Morgan fingerprint density at radius 2 is 1.88 bits per heavy atom. The molecule has 0 fully saturated rings. The summed E-state index contributed by atoms with van der Waals surface area (Å²) in [5, 5.41) is 8.06. The zero-order valence-corrected chi connectivity index (χ0v) is 15.1. The van der Waals surface area contributed by atoms with Gasteiger partial charge in [-0.2, -0.15) is 5.10 Å². The Bertz CT molecular complexity index is 699. The van der Waals surface area contributed by atoms with E-state index in [1.165, 1.54) is 0 Å². The van der Waals surface area contributed by atoms with Gasteiger partial charge in [0.1, 0.15) is 5.75 Å². The van der Waals surface area contributed by atoms with Crippen molar-refractivity contribution in [3.05, 3.63) is 60.2 Å². The van der Waals surface area contributed by atoms with Crippen LogP contribution in [0, 0.1) is 5.92 Å². The van der Waals surface area contributed by atoms with Gasteiger partial charge in [0, 0.05) is 11.8 Å². The van der Waals surface area contributed by atoms with E-state index in [1.54, 1.807) is 7.11 Å². The highest BCUT2D eigenvalue weighted by Gasteiger charge is 2.07. The molecule has 0 aliphatic heterocycles. The molecule has 0 saturated carbocycles. The molecule has 2 aromatic rings. The number of benzene rings is 2. The molecule has 5 heteroatoms. The van der Waals surface area contributed by atoms with E-state index in [0.29, 0.717) is 11.0 Å². The number of anilines is 1. The number of methoxy groups -OCH3 is 1. The van der Waals surface area contributed by atoms with Crippen molar-refractivity contribution in [3.8, 4) is 5.75 Å². The molecular weight excluding hydrogens is 318 g/mol. The SMILES string of the molecule is COc1cccc(NC(=S)N/N=C(/CC(C)C)c2ccccc2)c1. The van der Waals surface area contributed by atoms with Gasteiger partial charge < -0.3 is 10.1 Å². The standard InChI is InChI=1S/C19H23N3OS/c1-14(2)12-18(15-8-5-4-6-9-15)21-22-19(24)20-16-10-7-11-17(13-16)23-3/h4-11,13-14H,12H2,1-3H3,(H2,20,22,24)/b21-18-. The minimum atomic E-state index is 0.445. The Morgan fingerprint density at radius 3 is 2.54 bits per heavy atom. The third-order valence-electron chi connectivity index (χ3n) is 3.33. The molecule has 0 saturated heterocycles. The summed E-state index contributed by atoms with van der Waals surface area (Å²) < 4.78 is 5.20. The first-order valence-electron chi connectivity index (χ1n) is 7.91. The highest BCUT2D eigenvalue weighted by Crippen LogP contribution is 2.16. The van der Waals surface area contributed by atoms with Crippen LogP contribution >= 0.6 is 12.2 Å². The Balaban J connectivity index is 2.06. The van der Waals surface area contributed by atoms with Gasteiger partial charge >= 0.3 is 0 Å². The van der Waals surface area contributed by atoms with Crippen LogP contribution in [0.15, 0.2) is 59.7 Å². The molecule has 0 spiro atoms. The van der Waals surface area contributed by atoms with Crippen molar-refractivity contribution >= 4 is 28.7 Å². The van der Waals surface area contributed by atoms with Crippen LogP contribution in [0.3, 0.4) is 0 Å². The van der Waals surface area contributed by atoms with Gasteiger partial charge in [-0.25, -0.2) is 0 Å². The van der Waals surface area contributed by atoms with Crippen LogP contribution in [0.1, 0.15) is 25.8 Å². The molecule has 0 heterocycles. The van der Waals surface area contributed by atoms with E-state index in [4.69, 9.17) is 17.0 Å². The number of nitrogens with one attached hydrogen (secondary N) is 2. The molecule has 2 rings (SSSR count). The van der Waals surface area contributed by atoms with E-state index in [1.807, 2.05) is 42.5 Å². The first-order valence-corrected chi connectivity index (χ1v) is 8.32. The Kier molecular flexibility index (Phi) is 6.75. The second-order valence-electron chi connectivity index (χ2n) is 5.82. The van der Waals surface area contributed by atoms with Gasteiger partial charge in [0.25, 0.3) is 0 Å². The quantitative estimate of drug-likeness (QED) is 0.463. The van der Waals surface area contributed by atoms with Crippen molar-refractivity contribution in [2.45, 2.75) is 20.3 Å². The third kappa shape index (κ3) is 5.66. The molecule has 2 N–H and O–H groups in total. The molecule has 24 heavy (non-hydrogen) atoms. The largest absolute Gasteiger partial charge is 0.497 e. The van der Waals surface area contributed by atoms with Crippen LogP contribution in [0.4, 0.5) is 5.69 Å². The van der Waals surface area contributed by atoms with E-state index in [0.717, 1.165) is 29.1 Å². The highest BCUT2D eigenvalue weighted by atomic mass is 32.1. The molecule has 0 aliphatic rings. The van der Waals surface area contributed by atoms with Crippen molar-refractivity contribution < 1.29 is 4.74 Å². The van der Waals surface area contributed by atoms with Gasteiger partial charge in [-0.05, 0) is 42.3 Å². The summed E-state index contributed by atoms with van der Waals surface area (Å²) in [6, 6.07) is 17.7. The van der Waals surface area contributed by atoms with Crippen LogP contribution in [0.2, 0.25) is 0 Å². The summed E-state index contributed by atoms with van der Waals surface area (Å²) in [4.78, 5) is 0. The number of hydrogen-bond acceptors (Lipinski definition) is 3. The van der Waals surface area contributed by atoms with E-state index in [9.17, 15) is 0 Å². The Hall–Kier alpha value is -2.40. The van der Waals surface area contributed by atoms with Crippen LogP contribution in [0.25, 0.3) is 0 Å². The van der Waals surface area contributed by atoms with Gasteiger partial charge in [-0.15, -0.1) is 0 Å². The van der Waals surface area contributed by atoms with Crippen molar-refractivity contribution in [2.75, 3.05) is 12.4 Å². The average molecular weight is 341 g/mol. The van der Waals surface area contributed by atoms with E-state index < -0.39 is 0 Å². The number of hydrazone groups is 1. The predicted molar refractivity (Wildman–Crippen MR) is 105 cm³/mol.